The molecule has 0 radical (unpaired) electrons. The molecule has 1 heterocycles. The SMILES string of the molecule is FC(F)(F)c1cc([B-](c2cc(C(F)(F)F)cc(C(F)(F)F)c2)(c2cc(C(F)(F)F)cc(C(F)(F)F)c2)c2cc(C(F)(F)F)cc(C(F)(F)F)c2)cc(C(F)(F)F)c1.N#Cc1ccc(Oc2c[n+](Cc3ccccc3)ccn2)cc1. The number of nitrogens with zero attached hydrogens (tertiary/aromatic N) is 3. The van der Waals surface area contributed by atoms with Gasteiger partial charge in [0.05, 0.1) is 62.3 Å². The molecule has 0 saturated carbocycles. The van der Waals surface area contributed by atoms with E-state index in [1.165, 1.54) is 5.56 Å². The average Bonchev–Trinajstić information content (AvgIpc) is 3.54. The molecule has 0 spiro atoms. The van der Waals surface area contributed by atoms with Crippen LogP contribution in [-0.2, 0) is 56.0 Å². The minimum Gasteiger partial charge on any atom is -0.434 e. The molecule has 0 aliphatic heterocycles. The van der Waals surface area contributed by atoms with E-state index >= 15 is 0 Å². The fourth-order valence-corrected chi connectivity index (χ4v) is 8.14. The molecule has 0 fully saturated rings. The molecule has 0 atom stereocenters. The van der Waals surface area contributed by atoms with Crippen LogP contribution in [0.3, 0.4) is 0 Å². The quantitative estimate of drug-likeness (QED) is 0.0865. The van der Waals surface area contributed by atoms with Crippen molar-refractivity contribution in [3.8, 4) is 17.7 Å². The summed E-state index contributed by atoms with van der Waals surface area (Å²) in [7, 11) is 0. The third-order valence-electron chi connectivity index (χ3n) is 11.6. The zero-order valence-electron chi connectivity index (χ0n) is 38.5. The van der Waals surface area contributed by atoms with Crippen molar-refractivity contribution in [2.24, 2.45) is 0 Å². The lowest BCUT2D eigenvalue weighted by Crippen LogP contribution is -2.75. The van der Waals surface area contributed by atoms with Crippen LogP contribution in [0.5, 0.6) is 11.6 Å². The van der Waals surface area contributed by atoms with Gasteiger partial charge in [-0.05, 0) is 48.5 Å². The maximum atomic E-state index is 14.2. The molecular weight excluding hydrogens is 1130 g/mol. The zero-order chi connectivity index (χ0) is 59.1. The molecule has 0 unspecified atom stereocenters. The van der Waals surface area contributed by atoms with Crippen molar-refractivity contribution in [3.05, 3.63) is 202 Å². The highest BCUT2D eigenvalue weighted by molar-refractivity contribution is 7.20. The fourth-order valence-electron chi connectivity index (χ4n) is 8.14. The molecule has 0 bridgehead atoms. The van der Waals surface area contributed by atoms with E-state index in [0.29, 0.717) is 17.2 Å². The molecule has 418 valence electrons. The van der Waals surface area contributed by atoms with Gasteiger partial charge in [0.25, 0.3) is 5.88 Å². The third-order valence-corrected chi connectivity index (χ3v) is 11.6. The van der Waals surface area contributed by atoms with Crippen molar-refractivity contribution >= 4 is 28.0 Å². The van der Waals surface area contributed by atoms with Gasteiger partial charge >= 0.3 is 49.4 Å². The van der Waals surface area contributed by atoms with Crippen molar-refractivity contribution < 1.29 is 115 Å². The topological polar surface area (TPSA) is 49.8 Å². The predicted octanol–water partition coefficient (Wildman–Crippen LogP) is 14.3. The third kappa shape index (κ3) is 14.4. The average molecular weight is 1150 g/mol. The van der Waals surface area contributed by atoms with Gasteiger partial charge in [0, 0.05) is 5.56 Å². The molecule has 4 nitrogen and oxygen atoms in total. The number of benzene rings is 6. The van der Waals surface area contributed by atoms with E-state index in [1.807, 2.05) is 35.2 Å². The Morgan fingerprint density at radius 2 is 0.696 bits per heavy atom. The molecule has 1 aromatic heterocycles. The van der Waals surface area contributed by atoms with Gasteiger partial charge < -0.3 is 4.74 Å². The van der Waals surface area contributed by atoms with Gasteiger partial charge in [0.2, 0.25) is 6.20 Å². The van der Waals surface area contributed by atoms with E-state index in [0.717, 1.165) is 6.54 Å². The number of halogens is 24. The van der Waals surface area contributed by atoms with Gasteiger partial charge in [0.15, 0.2) is 12.7 Å². The highest BCUT2D eigenvalue weighted by atomic mass is 19.4. The van der Waals surface area contributed by atoms with E-state index in [-0.39, 0.29) is 0 Å². The maximum absolute atomic E-state index is 14.2. The lowest BCUT2D eigenvalue weighted by atomic mass is 9.12. The number of aromatic nitrogens is 2. The largest absolute Gasteiger partial charge is 0.434 e. The van der Waals surface area contributed by atoms with E-state index in [4.69, 9.17) is 10.00 Å². The Kier molecular flexibility index (Phi) is 16.3. The van der Waals surface area contributed by atoms with Gasteiger partial charge in [-0.15, -0.1) is 0 Å². The molecule has 79 heavy (non-hydrogen) atoms. The van der Waals surface area contributed by atoms with E-state index in [2.05, 4.69) is 23.2 Å². The summed E-state index contributed by atoms with van der Waals surface area (Å²) in [6.07, 6.45) is -49.3. The molecule has 0 aliphatic carbocycles. The molecule has 0 amide bonds. The molecule has 7 aromatic rings. The van der Waals surface area contributed by atoms with Crippen molar-refractivity contribution in [1.29, 1.82) is 5.26 Å². The van der Waals surface area contributed by atoms with Crippen LogP contribution in [0.25, 0.3) is 0 Å². The van der Waals surface area contributed by atoms with Crippen LogP contribution in [0.15, 0.2) is 146 Å². The highest BCUT2D eigenvalue weighted by Crippen LogP contribution is 2.41. The first-order valence-electron chi connectivity index (χ1n) is 21.5. The van der Waals surface area contributed by atoms with Crippen LogP contribution in [-0.4, -0.2) is 11.1 Å². The summed E-state index contributed by atoms with van der Waals surface area (Å²) in [4.78, 5) is 4.21. The van der Waals surface area contributed by atoms with Crippen molar-refractivity contribution in [2.45, 2.75) is 56.0 Å². The summed E-state index contributed by atoms with van der Waals surface area (Å²) in [5, 5.41) is 8.79. The highest BCUT2D eigenvalue weighted by Gasteiger charge is 2.47. The normalized spacial score (nSPS) is 13.1. The number of rotatable bonds is 8. The molecule has 0 aliphatic rings. The first-order chi connectivity index (χ1) is 36.1. The van der Waals surface area contributed by atoms with Crippen molar-refractivity contribution in [1.82, 2.24) is 4.98 Å². The van der Waals surface area contributed by atoms with Gasteiger partial charge in [0.1, 0.15) is 11.9 Å². The van der Waals surface area contributed by atoms with E-state index in [1.54, 1.807) is 30.5 Å². The fraction of sp³-hybridized carbons (Fsp3) is 0.180. The monoisotopic (exact) mass is 1150 g/mol. The molecule has 0 saturated heterocycles. The minimum atomic E-state index is -6.13. The first-order valence-corrected chi connectivity index (χ1v) is 21.5. The van der Waals surface area contributed by atoms with Crippen LogP contribution in [0, 0.1) is 11.3 Å². The van der Waals surface area contributed by atoms with Crippen LogP contribution in [0.1, 0.15) is 55.6 Å². The predicted molar refractivity (Wildman–Crippen MR) is 231 cm³/mol. The van der Waals surface area contributed by atoms with E-state index in [9.17, 15) is 105 Å². The number of hydrogen-bond acceptors (Lipinski definition) is 3. The summed E-state index contributed by atoms with van der Waals surface area (Å²) in [5.41, 5.74) is -28.4. The van der Waals surface area contributed by atoms with Gasteiger partial charge in [-0.2, -0.15) is 137 Å². The van der Waals surface area contributed by atoms with Crippen molar-refractivity contribution in [3.63, 3.8) is 0 Å². The Balaban J connectivity index is 0.000000378. The standard InChI is InChI=1S/C32H12BF24.C18H14N3O/c34-25(35,36)13-1-14(26(37,38)39)6-21(5-13)33(22-7-15(27(40,41)42)2-16(8-22)28(43,44)45,23-9-17(29(46,47)48)3-18(10-23)30(49,50)51)24-11-19(31(52,53)54)4-20(12-24)32(55,56)57;19-12-15-6-8-17(9-7-15)22-18-14-21(11-10-20-18)13-16-4-2-1-3-5-16/h1-12H;1-11,14H,13H2/q-1;+1. The Labute approximate surface area is 427 Å². The Morgan fingerprint density at radius 1 is 0.405 bits per heavy atom. The lowest BCUT2D eigenvalue weighted by molar-refractivity contribution is -0.689. The summed E-state index contributed by atoms with van der Waals surface area (Å²) in [6.45, 7) is 0.757. The lowest BCUT2D eigenvalue weighted by Gasteiger charge is -2.46. The first kappa shape index (κ1) is 60.3. The molecule has 6 aromatic carbocycles. The van der Waals surface area contributed by atoms with E-state index < -0.39 is 195 Å². The van der Waals surface area contributed by atoms with Crippen LogP contribution in [0.4, 0.5) is 105 Å². The Bertz CT molecular complexity index is 2910. The van der Waals surface area contributed by atoms with Crippen LogP contribution in [0.2, 0.25) is 0 Å². The molecule has 7 rings (SSSR count). The maximum Gasteiger partial charge on any atom is 0.416 e. The Hall–Kier alpha value is -7.93. The summed E-state index contributed by atoms with van der Waals surface area (Å²) < 4.78 is 349. The molecular formula is C50H26BF24N3O. The molecule has 29 heteroatoms. The number of hydrogen-bond donors (Lipinski definition) is 0. The van der Waals surface area contributed by atoms with Gasteiger partial charge in [-0.25, -0.2) is 4.98 Å². The van der Waals surface area contributed by atoms with Crippen molar-refractivity contribution in [2.75, 3.05) is 0 Å². The molecule has 0 N–H and O–H groups in total. The number of ether oxygens (including phenoxy) is 1. The Morgan fingerprint density at radius 3 is 0.962 bits per heavy atom. The van der Waals surface area contributed by atoms with Crippen LogP contribution >= 0.6 is 0 Å². The summed E-state index contributed by atoms with van der Waals surface area (Å²) in [5.74, 6) is 1.17. The van der Waals surface area contributed by atoms with Crippen LogP contribution < -0.4 is 31.2 Å². The second kappa shape index (κ2) is 21.4. The number of alkyl halides is 24. The zero-order valence-corrected chi connectivity index (χ0v) is 38.5. The van der Waals surface area contributed by atoms with Gasteiger partial charge in [-0.1, -0.05) is 78.9 Å². The summed E-state index contributed by atoms with van der Waals surface area (Å²) in [6, 6.07) is 10.4. The summed E-state index contributed by atoms with van der Waals surface area (Å²) >= 11 is 0. The smallest absolute Gasteiger partial charge is 0.416 e. The number of nitriles is 1. The van der Waals surface area contributed by atoms with Gasteiger partial charge in [-0.3, -0.25) is 0 Å². The second-order valence-corrected chi connectivity index (χ2v) is 17.0. The second-order valence-electron chi connectivity index (χ2n) is 17.0. The minimum absolute atomic E-state index is 0.517.